The average Bonchev–Trinajstić information content (AvgIpc) is 2.93. The topological polar surface area (TPSA) is 34.1 Å². The molecular weight excluding hydrogens is 327 g/mol. The normalized spacial score (nSPS) is 30.6. The molecule has 2 bridgehead atoms. The summed E-state index contributed by atoms with van der Waals surface area (Å²) in [7, 11) is -2.98. The molecule has 0 N–H and O–H groups in total. The molecule has 2 aliphatic rings. The van der Waals surface area contributed by atoms with Crippen LogP contribution in [-0.2, 0) is 9.36 Å². The van der Waals surface area contributed by atoms with E-state index in [-0.39, 0.29) is 16.6 Å². The highest BCUT2D eigenvalue weighted by molar-refractivity contribution is 7.80. The van der Waals surface area contributed by atoms with E-state index in [2.05, 4.69) is 20.8 Å². The Labute approximate surface area is 150 Å². The molecule has 130 valence electrons. The first kappa shape index (κ1) is 16.8. The third-order valence-corrected chi connectivity index (χ3v) is 11.7. The maximum atomic E-state index is 14.9. The quantitative estimate of drug-likeness (QED) is 0.760. The highest BCUT2D eigenvalue weighted by Gasteiger charge is 2.75. The first-order valence-corrected chi connectivity index (χ1v) is 10.7. The van der Waals surface area contributed by atoms with Gasteiger partial charge in [0, 0.05) is 27.6 Å². The predicted octanol–water partition coefficient (Wildman–Crippen LogP) is 4.54. The SMILES string of the molecule is CC1(C)[C@@]2(P(=O)(c3ccccc3)c3ccccc3)CC[C@]1(C)C(=O)C2. The van der Waals surface area contributed by atoms with Crippen LogP contribution in [0.2, 0.25) is 0 Å². The zero-order chi connectivity index (χ0) is 17.9. The van der Waals surface area contributed by atoms with Crippen molar-refractivity contribution >= 4 is 23.5 Å². The van der Waals surface area contributed by atoms with E-state index in [1.807, 2.05) is 60.7 Å². The Kier molecular flexibility index (Phi) is 3.48. The molecule has 2 aromatic carbocycles. The van der Waals surface area contributed by atoms with Gasteiger partial charge in [0.05, 0.1) is 0 Å². The number of fused-ring (bicyclic) bond motifs is 2. The van der Waals surface area contributed by atoms with Crippen LogP contribution in [0.15, 0.2) is 60.7 Å². The van der Waals surface area contributed by atoms with Gasteiger partial charge in [0.15, 0.2) is 0 Å². The van der Waals surface area contributed by atoms with Crippen LogP contribution in [0.1, 0.15) is 40.0 Å². The molecule has 3 heteroatoms. The van der Waals surface area contributed by atoms with Crippen molar-refractivity contribution in [3.63, 3.8) is 0 Å². The van der Waals surface area contributed by atoms with E-state index in [9.17, 15) is 9.36 Å². The standard InChI is InChI=1S/C22H25O2P/c1-20(2)21(3)14-15-22(20,16-19(21)23)25(24,17-10-6-4-7-11-17)18-12-8-5-9-13-18/h4-13H,14-16H2,1-3H3/t21-,22-/m1/s1. The molecule has 25 heavy (non-hydrogen) atoms. The molecule has 2 aromatic rings. The Balaban J connectivity index is 2.04. The molecule has 2 nitrogen and oxygen atoms in total. The van der Waals surface area contributed by atoms with Gasteiger partial charge in [0.2, 0.25) is 0 Å². The summed E-state index contributed by atoms with van der Waals surface area (Å²) in [5, 5.41) is 1.27. The summed E-state index contributed by atoms with van der Waals surface area (Å²) in [5.74, 6) is 0.288. The first-order valence-electron chi connectivity index (χ1n) is 9.04. The number of rotatable bonds is 3. The summed E-state index contributed by atoms with van der Waals surface area (Å²) in [5.41, 5.74) is -0.662. The van der Waals surface area contributed by atoms with Gasteiger partial charge in [-0.25, -0.2) is 0 Å². The Morgan fingerprint density at radius 1 is 0.800 bits per heavy atom. The highest BCUT2D eigenvalue weighted by Crippen LogP contribution is 2.79. The van der Waals surface area contributed by atoms with Crippen LogP contribution in [-0.4, -0.2) is 10.9 Å². The molecule has 0 aromatic heterocycles. The average molecular weight is 352 g/mol. The van der Waals surface area contributed by atoms with Crippen molar-refractivity contribution in [2.75, 3.05) is 0 Å². The minimum atomic E-state index is -2.98. The first-order chi connectivity index (χ1) is 11.8. The second-order valence-corrected chi connectivity index (χ2v) is 11.5. The molecule has 2 atom stereocenters. The van der Waals surface area contributed by atoms with Gasteiger partial charge < -0.3 is 4.57 Å². The number of carbonyl (C=O) groups is 1. The Morgan fingerprint density at radius 2 is 1.28 bits per heavy atom. The summed E-state index contributed by atoms with van der Waals surface area (Å²) in [6.07, 6.45) is 2.11. The van der Waals surface area contributed by atoms with E-state index >= 15 is 0 Å². The Hall–Kier alpha value is -1.66. The number of Topliss-reactive ketones (excluding diaryl/α,β-unsaturated/α-hetero) is 1. The lowest BCUT2D eigenvalue weighted by atomic mass is 9.70. The summed E-state index contributed by atoms with van der Waals surface area (Å²) >= 11 is 0. The van der Waals surface area contributed by atoms with E-state index in [0.29, 0.717) is 6.42 Å². The minimum absolute atomic E-state index is 0.288. The molecule has 0 spiro atoms. The summed E-state index contributed by atoms with van der Waals surface area (Å²) in [6.45, 7) is 6.43. The molecule has 0 aliphatic heterocycles. The van der Waals surface area contributed by atoms with Gasteiger partial charge in [-0.3, -0.25) is 4.79 Å². The maximum Gasteiger partial charge on any atom is 0.150 e. The van der Waals surface area contributed by atoms with Crippen LogP contribution in [0.3, 0.4) is 0 Å². The number of hydrogen-bond acceptors (Lipinski definition) is 2. The van der Waals surface area contributed by atoms with Crippen molar-refractivity contribution in [2.45, 2.75) is 45.2 Å². The van der Waals surface area contributed by atoms with Gasteiger partial charge in [-0.15, -0.1) is 0 Å². The van der Waals surface area contributed by atoms with Crippen LogP contribution in [0, 0.1) is 10.8 Å². The monoisotopic (exact) mass is 352 g/mol. The molecule has 0 amide bonds. The van der Waals surface area contributed by atoms with Crippen LogP contribution in [0.4, 0.5) is 0 Å². The maximum absolute atomic E-state index is 14.9. The fourth-order valence-corrected chi connectivity index (χ4v) is 9.73. The van der Waals surface area contributed by atoms with Crippen LogP contribution >= 0.6 is 7.14 Å². The van der Waals surface area contributed by atoms with Gasteiger partial charge in [-0.05, 0) is 18.3 Å². The molecule has 2 fully saturated rings. The van der Waals surface area contributed by atoms with Crippen molar-refractivity contribution in [3.05, 3.63) is 60.7 Å². The lowest BCUT2D eigenvalue weighted by molar-refractivity contribution is -0.128. The zero-order valence-electron chi connectivity index (χ0n) is 15.2. The van der Waals surface area contributed by atoms with E-state index < -0.39 is 12.3 Å². The van der Waals surface area contributed by atoms with Crippen molar-refractivity contribution in [3.8, 4) is 0 Å². The fourth-order valence-electron chi connectivity index (χ4n) is 5.43. The summed E-state index contributed by atoms with van der Waals surface area (Å²) in [4.78, 5) is 13.0. The molecular formula is C22H25O2P. The van der Waals surface area contributed by atoms with Gasteiger partial charge in [-0.1, -0.05) is 81.4 Å². The second kappa shape index (κ2) is 5.17. The molecule has 0 heterocycles. The van der Waals surface area contributed by atoms with Crippen LogP contribution in [0.5, 0.6) is 0 Å². The Morgan fingerprint density at radius 3 is 1.64 bits per heavy atom. The van der Waals surface area contributed by atoms with E-state index in [1.165, 1.54) is 0 Å². The third kappa shape index (κ3) is 1.82. The number of benzene rings is 2. The third-order valence-electron chi connectivity index (χ3n) is 7.49. The van der Waals surface area contributed by atoms with Crippen LogP contribution < -0.4 is 10.6 Å². The fraction of sp³-hybridized carbons (Fsp3) is 0.409. The molecule has 2 saturated carbocycles. The van der Waals surface area contributed by atoms with E-state index in [1.54, 1.807) is 0 Å². The number of carbonyl (C=O) groups excluding carboxylic acids is 1. The minimum Gasteiger partial charge on any atom is -0.313 e. The lowest BCUT2D eigenvalue weighted by Gasteiger charge is -2.45. The largest absolute Gasteiger partial charge is 0.313 e. The number of hydrogen-bond donors (Lipinski definition) is 0. The van der Waals surface area contributed by atoms with Crippen molar-refractivity contribution < 1.29 is 9.36 Å². The van der Waals surface area contributed by atoms with E-state index in [4.69, 9.17) is 0 Å². The van der Waals surface area contributed by atoms with Crippen molar-refractivity contribution in [1.82, 2.24) is 0 Å². The molecule has 0 unspecified atom stereocenters. The van der Waals surface area contributed by atoms with Crippen LogP contribution in [0.25, 0.3) is 0 Å². The molecule has 2 aliphatic carbocycles. The van der Waals surface area contributed by atoms with Gasteiger partial charge in [0.25, 0.3) is 0 Å². The molecule has 4 rings (SSSR count). The second-order valence-electron chi connectivity index (χ2n) is 8.37. The summed E-state index contributed by atoms with van der Waals surface area (Å²) < 4.78 is 14.9. The molecule has 0 saturated heterocycles. The van der Waals surface area contributed by atoms with Gasteiger partial charge >= 0.3 is 0 Å². The van der Waals surface area contributed by atoms with Crippen molar-refractivity contribution in [1.29, 1.82) is 0 Å². The van der Waals surface area contributed by atoms with Gasteiger partial charge in [-0.2, -0.15) is 0 Å². The number of ketones is 1. The summed E-state index contributed by atoms with van der Waals surface area (Å²) in [6, 6.07) is 19.7. The lowest BCUT2D eigenvalue weighted by Crippen LogP contribution is -2.45. The molecule has 0 radical (unpaired) electrons. The zero-order valence-corrected chi connectivity index (χ0v) is 16.1. The smallest absolute Gasteiger partial charge is 0.150 e. The van der Waals surface area contributed by atoms with Gasteiger partial charge in [0.1, 0.15) is 12.9 Å². The highest BCUT2D eigenvalue weighted by atomic mass is 31.2. The predicted molar refractivity (Wildman–Crippen MR) is 103 cm³/mol. The Bertz CT molecular complexity index is 828. The van der Waals surface area contributed by atoms with E-state index in [0.717, 1.165) is 23.5 Å². The van der Waals surface area contributed by atoms with Crippen molar-refractivity contribution in [2.24, 2.45) is 10.8 Å².